The Hall–Kier alpha value is -2.41. The number of hydrogen-bond donors (Lipinski definition) is 1. The Labute approximate surface area is 120 Å². The quantitative estimate of drug-likeness (QED) is 0.703. The summed E-state index contributed by atoms with van der Waals surface area (Å²) in [6.45, 7) is 1.04. The highest BCUT2D eigenvalue weighted by molar-refractivity contribution is 5.92. The lowest BCUT2D eigenvalue weighted by atomic mass is 9.84. The Morgan fingerprint density at radius 2 is 2.19 bits per heavy atom. The first-order valence-corrected chi connectivity index (χ1v) is 6.71. The van der Waals surface area contributed by atoms with Crippen molar-refractivity contribution in [3.63, 3.8) is 0 Å². The van der Waals surface area contributed by atoms with Gasteiger partial charge in [-0.1, -0.05) is 0 Å². The van der Waals surface area contributed by atoms with Crippen LogP contribution in [0.5, 0.6) is 0 Å². The molecular formula is C14H13N3O4. The van der Waals surface area contributed by atoms with Crippen molar-refractivity contribution in [2.75, 3.05) is 18.0 Å². The number of aromatic nitrogens is 1. The van der Waals surface area contributed by atoms with Gasteiger partial charge in [0.2, 0.25) is 5.60 Å². The third kappa shape index (κ3) is 1.74. The van der Waals surface area contributed by atoms with E-state index >= 15 is 0 Å². The van der Waals surface area contributed by atoms with Crippen molar-refractivity contribution < 1.29 is 19.1 Å². The Morgan fingerprint density at radius 3 is 3.00 bits per heavy atom. The van der Waals surface area contributed by atoms with Gasteiger partial charge in [-0.15, -0.1) is 0 Å². The smallest absolute Gasteiger partial charge is 0.332 e. The van der Waals surface area contributed by atoms with E-state index in [2.05, 4.69) is 15.2 Å². The van der Waals surface area contributed by atoms with E-state index in [1.807, 2.05) is 12.1 Å². The lowest BCUT2D eigenvalue weighted by Gasteiger charge is -2.54. The molecule has 0 amide bonds. The van der Waals surface area contributed by atoms with E-state index in [9.17, 15) is 9.59 Å². The molecule has 0 bridgehead atoms. The van der Waals surface area contributed by atoms with E-state index < -0.39 is 23.8 Å². The van der Waals surface area contributed by atoms with Gasteiger partial charge in [0.25, 0.3) is 0 Å². The van der Waals surface area contributed by atoms with E-state index in [0.29, 0.717) is 13.1 Å². The van der Waals surface area contributed by atoms with Gasteiger partial charge in [-0.25, -0.2) is 9.59 Å². The maximum atomic E-state index is 11.8. The third-order valence-electron chi connectivity index (χ3n) is 4.16. The van der Waals surface area contributed by atoms with Crippen molar-refractivity contribution in [2.45, 2.75) is 17.9 Å². The van der Waals surface area contributed by atoms with Crippen molar-refractivity contribution >= 4 is 17.6 Å². The highest BCUT2D eigenvalue weighted by atomic mass is 16.6. The summed E-state index contributed by atoms with van der Waals surface area (Å²) in [6, 6.07) is 3.73. The van der Waals surface area contributed by atoms with Gasteiger partial charge in [0.15, 0.2) is 6.23 Å². The summed E-state index contributed by atoms with van der Waals surface area (Å²) >= 11 is 0. The van der Waals surface area contributed by atoms with Gasteiger partial charge in [-0.2, -0.15) is 0 Å². The number of anilines is 1. The minimum atomic E-state index is -0.826. The van der Waals surface area contributed by atoms with Crippen LogP contribution >= 0.6 is 0 Å². The lowest BCUT2D eigenvalue weighted by molar-refractivity contribution is -0.188. The van der Waals surface area contributed by atoms with Gasteiger partial charge in [0, 0.05) is 24.9 Å². The van der Waals surface area contributed by atoms with Crippen LogP contribution in [0.3, 0.4) is 0 Å². The summed E-state index contributed by atoms with van der Waals surface area (Å²) < 4.78 is 10.9. The van der Waals surface area contributed by atoms with Crippen molar-refractivity contribution in [2.24, 2.45) is 0 Å². The highest BCUT2D eigenvalue weighted by Gasteiger charge is 2.66. The average Bonchev–Trinajstić information content (AvgIpc) is 2.70. The molecule has 2 saturated heterocycles. The predicted molar refractivity (Wildman–Crippen MR) is 71.2 cm³/mol. The van der Waals surface area contributed by atoms with Gasteiger partial charge < -0.3 is 14.4 Å². The number of rotatable bonds is 1. The van der Waals surface area contributed by atoms with Crippen LogP contribution in [0.25, 0.3) is 0 Å². The lowest BCUT2D eigenvalue weighted by Crippen LogP contribution is -2.74. The van der Waals surface area contributed by atoms with Crippen LogP contribution in [-0.2, 0) is 19.1 Å². The number of ether oxygens (including phenoxy) is 2. The van der Waals surface area contributed by atoms with Crippen molar-refractivity contribution in [3.05, 3.63) is 36.7 Å². The van der Waals surface area contributed by atoms with E-state index in [0.717, 1.165) is 17.8 Å². The summed E-state index contributed by atoms with van der Waals surface area (Å²) in [7, 11) is 0. The van der Waals surface area contributed by atoms with Crippen LogP contribution in [0.2, 0.25) is 0 Å². The zero-order valence-corrected chi connectivity index (χ0v) is 11.1. The van der Waals surface area contributed by atoms with Crippen molar-refractivity contribution in [3.8, 4) is 0 Å². The van der Waals surface area contributed by atoms with E-state index in [4.69, 9.17) is 9.47 Å². The Morgan fingerprint density at radius 1 is 1.33 bits per heavy atom. The number of carbonyl (C=O) groups is 2. The SMILES string of the molecule is O=C1/C=C/C(=O)O[C@]23CN(c4cccnc4)[C@H]2CNC3O1. The Kier molecular flexibility index (Phi) is 2.52. The number of esters is 2. The molecule has 0 aliphatic carbocycles. The van der Waals surface area contributed by atoms with E-state index in [1.54, 1.807) is 12.4 Å². The average molecular weight is 287 g/mol. The topological polar surface area (TPSA) is 80.8 Å². The first-order chi connectivity index (χ1) is 10.2. The molecule has 1 N–H and O–H groups in total. The second kappa shape index (κ2) is 4.29. The maximum absolute atomic E-state index is 11.8. The molecule has 108 valence electrons. The summed E-state index contributed by atoms with van der Waals surface area (Å²) in [5, 5.41) is 3.11. The maximum Gasteiger partial charge on any atom is 0.332 e. The van der Waals surface area contributed by atoms with Crippen molar-refractivity contribution in [1.29, 1.82) is 0 Å². The minimum Gasteiger partial charge on any atom is -0.446 e. The Bertz CT molecular complexity index is 632. The van der Waals surface area contributed by atoms with Gasteiger partial charge in [-0.3, -0.25) is 10.3 Å². The van der Waals surface area contributed by atoms with Crippen LogP contribution in [0, 0.1) is 0 Å². The molecule has 7 nitrogen and oxygen atoms in total. The molecule has 1 aromatic heterocycles. The third-order valence-corrected chi connectivity index (χ3v) is 4.16. The van der Waals surface area contributed by atoms with E-state index in [-0.39, 0.29) is 6.04 Å². The van der Waals surface area contributed by atoms with Crippen molar-refractivity contribution in [1.82, 2.24) is 10.3 Å². The molecule has 1 aromatic rings. The number of hydrogen-bond acceptors (Lipinski definition) is 7. The van der Waals surface area contributed by atoms with Crippen LogP contribution in [0.15, 0.2) is 36.7 Å². The second-order valence-corrected chi connectivity index (χ2v) is 5.29. The first kappa shape index (κ1) is 12.3. The molecule has 3 aliphatic rings. The van der Waals surface area contributed by atoms with E-state index in [1.165, 1.54) is 0 Å². The predicted octanol–water partition coefficient (Wildman–Crippen LogP) is -0.405. The van der Waals surface area contributed by atoms with Gasteiger partial charge in [0.05, 0.1) is 24.5 Å². The summed E-state index contributed by atoms with van der Waals surface area (Å²) in [4.78, 5) is 29.5. The zero-order valence-electron chi connectivity index (χ0n) is 11.1. The molecule has 2 fully saturated rings. The summed E-state index contributed by atoms with van der Waals surface area (Å²) in [5.74, 6) is -1.06. The number of nitrogens with zero attached hydrogens (tertiary/aromatic N) is 2. The fraction of sp³-hybridized carbons (Fsp3) is 0.357. The van der Waals surface area contributed by atoms with Gasteiger partial charge in [0.1, 0.15) is 0 Å². The van der Waals surface area contributed by atoms with Crippen LogP contribution in [-0.4, -0.2) is 47.9 Å². The molecule has 1 spiro atoms. The summed E-state index contributed by atoms with van der Waals surface area (Å²) in [5.41, 5.74) is 0.128. The fourth-order valence-corrected chi connectivity index (χ4v) is 3.17. The molecule has 3 atom stereocenters. The highest BCUT2D eigenvalue weighted by Crippen LogP contribution is 2.43. The molecule has 0 aromatic carbocycles. The van der Waals surface area contributed by atoms with Gasteiger partial charge >= 0.3 is 11.9 Å². The molecule has 1 unspecified atom stereocenters. The van der Waals surface area contributed by atoms with Crippen LogP contribution < -0.4 is 10.2 Å². The second-order valence-electron chi connectivity index (χ2n) is 5.29. The van der Waals surface area contributed by atoms with Crippen LogP contribution in [0.1, 0.15) is 0 Å². The molecule has 21 heavy (non-hydrogen) atoms. The Balaban J connectivity index is 1.65. The summed E-state index contributed by atoms with van der Waals surface area (Å²) in [6.07, 6.45) is 5.04. The monoisotopic (exact) mass is 287 g/mol. The normalized spacial score (nSPS) is 35.5. The molecule has 0 radical (unpaired) electrons. The minimum absolute atomic E-state index is 0.0741. The van der Waals surface area contributed by atoms with Gasteiger partial charge in [-0.05, 0) is 12.1 Å². The molecular weight excluding hydrogens is 274 g/mol. The standard InChI is InChI=1S/C14H13N3O4/c18-11-3-4-12(19)21-14-8-17(9-2-1-5-15-6-9)10(14)7-16-13(14)20-11/h1-6,10,13,16H,7-8H2/b4-3+/t10-,13?,14+/m0/s1. The number of nitrogens with one attached hydrogen (secondary N) is 1. The number of carbonyl (C=O) groups excluding carboxylic acids is 2. The fourth-order valence-electron chi connectivity index (χ4n) is 3.17. The molecule has 3 aliphatic heterocycles. The largest absolute Gasteiger partial charge is 0.446 e. The zero-order chi connectivity index (χ0) is 14.4. The molecule has 4 rings (SSSR count). The number of pyridine rings is 1. The molecule has 7 heteroatoms. The molecule has 0 saturated carbocycles. The van der Waals surface area contributed by atoms with Crippen LogP contribution in [0.4, 0.5) is 5.69 Å². The first-order valence-electron chi connectivity index (χ1n) is 6.71. The molecule has 4 heterocycles.